The lowest BCUT2D eigenvalue weighted by atomic mass is 10.3. The number of ether oxygens (including phenoxy) is 1. The van der Waals surface area contributed by atoms with Gasteiger partial charge in [-0.25, -0.2) is 4.68 Å². The maximum absolute atomic E-state index is 12.1. The van der Waals surface area contributed by atoms with E-state index in [2.05, 4.69) is 10.4 Å². The largest absolute Gasteiger partial charge is 0.477 e. The van der Waals surface area contributed by atoms with Crippen LogP contribution >= 0.6 is 0 Å². The van der Waals surface area contributed by atoms with Crippen molar-refractivity contribution in [3.8, 4) is 5.88 Å². The lowest BCUT2D eigenvalue weighted by Crippen LogP contribution is -2.27. The smallest absolute Gasteiger partial charge is 0.258 e. The average molecular weight is 260 g/mol. The first-order valence-corrected chi connectivity index (χ1v) is 6.42. The highest BCUT2D eigenvalue weighted by molar-refractivity contribution is 5.96. The van der Waals surface area contributed by atoms with Gasteiger partial charge in [-0.1, -0.05) is 0 Å². The monoisotopic (exact) mass is 260 g/mol. The number of carbonyl (C=O) groups excluding carboxylic acids is 1. The van der Waals surface area contributed by atoms with E-state index in [4.69, 9.17) is 4.74 Å². The van der Waals surface area contributed by atoms with Gasteiger partial charge in [0, 0.05) is 38.4 Å². The Labute approximate surface area is 111 Å². The first-order chi connectivity index (χ1) is 9.34. The van der Waals surface area contributed by atoms with Crippen LogP contribution in [0, 0.1) is 0 Å². The number of nitrogens with one attached hydrogen (secondary N) is 1. The molecule has 0 aliphatic carbocycles. The van der Waals surface area contributed by atoms with Crippen molar-refractivity contribution in [2.75, 3.05) is 13.2 Å². The van der Waals surface area contributed by atoms with Crippen LogP contribution < -0.4 is 10.1 Å². The number of hydrogen-bond acceptors (Lipinski definition) is 3. The van der Waals surface area contributed by atoms with Gasteiger partial charge in [-0.3, -0.25) is 4.79 Å². The number of carbonyl (C=O) groups is 1. The highest BCUT2D eigenvalue weighted by Gasteiger charge is 2.21. The van der Waals surface area contributed by atoms with Crippen LogP contribution in [-0.4, -0.2) is 33.4 Å². The molecule has 0 unspecified atom stereocenters. The minimum atomic E-state index is -0.129. The van der Waals surface area contributed by atoms with E-state index in [1.165, 1.54) is 0 Å². The van der Waals surface area contributed by atoms with Gasteiger partial charge >= 0.3 is 0 Å². The highest BCUT2D eigenvalue weighted by Crippen LogP contribution is 2.21. The summed E-state index contributed by atoms with van der Waals surface area (Å²) in [6.45, 7) is 2.79. The summed E-state index contributed by atoms with van der Waals surface area (Å²) in [6.07, 6.45) is 6.45. The summed E-state index contributed by atoms with van der Waals surface area (Å²) in [4.78, 5) is 12.1. The molecule has 0 radical (unpaired) electrons. The van der Waals surface area contributed by atoms with Crippen molar-refractivity contribution in [2.45, 2.75) is 19.5 Å². The van der Waals surface area contributed by atoms with E-state index in [1.807, 2.05) is 29.1 Å². The lowest BCUT2D eigenvalue weighted by molar-refractivity contribution is 0.0945. The average Bonchev–Trinajstić information content (AvgIpc) is 3.07. The Bertz CT molecular complexity index is 559. The molecular formula is C13H16N4O2. The molecule has 0 bridgehead atoms. The SMILES string of the molecule is O=C(NCCn1cccc1)c1cnn2c1OCCC2. The minimum absolute atomic E-state index is 0.129. The third-order valence-electron chi connectivity index (χ3n) is 3.11. The van der Waals surface area contributed by atoms with Gasteiger partial charge in [0.1, 0.15) is 5.56 Å². The molecule has 1 aliphatic rings. The van der Waals surface area contributed by atoms with Gasteiger partial charge in [0.15, 0.2) is 0 Å². The van der Waals surface area contributed by atoms with Gasteiger partial charge in [0.05, 0.1) is 12.8 Å². The molecule has 100 valence electrons. The second-order valence-electron chi connectivity index (χ2n) is 4.47. The summed E-state index contributed by atoms with van der Waals surface area (Å²) in [7, 11) is 0. The van der Waals surface area contributed by atoms with E-state index in [1.54, 1.807) is 10.9 Å². The van der Waals surface area contributed by atoms with Crippen molar-refractivity contribution in [1.82, 2.24) is 19.7 Å². The first-order valence-electron chi connectivity index (χ1n) is 6.42. The number of aromatic nitrogens is 3. The third kappa shape index (κ3) is 2.47. The van der Waals surface area contributed by atoms with Crippen LogP contribution in [-0.2, 0) is 13.1 Å². The second kappa shape index (κ2) is 5.17. The summed E-state index contributed by atoms with van der Waals surface area (Å²) in [5, 5.41) is 7.04. The molecule has 1 amide bonds. The Balaban J connectivity index is 1.59. The zero-order valence-corrected chi connectivity index (χ0v) is 10.6. The normalized spacial score (nSPS) is 13.7. The van der Waals surface area contributed by atoms with Crippen LogP contribution in [0.3, 0.4) is 0 Å². The van der Waals surface area contributed by atoms with Gasteiger partial charge in [0.25, 0.3) is 5.91 Å². The zero-order valence-electron chi connectivity index (χ0n) is 10.6. The van der Waals surface area contributed by atoms with Crippen molar-refractivity contribution in [3.05, 3.63) is 36.3 Å². The molecule has 0 saturated heterocycles. The van der Waals surface area contributed by atoms with Crippen LogP contribution in [0.4, 0.5) is 0 Å². The Morgan fingerprint density at radius 2 is 2.26 bits per heavy atom. The molecular weight excluding hydrogens is 244 g/mol. The molecule has 2 aromatic heterocycles. The summed E-state index contributed by atoms with van der Waals surface area (Å²) >= 11 is 0. The molecule has 0 atom stereocenters. The molecule has 6 heteroatoms. The second-order valence-corrected chi connectivity index (χ2v) is 4.47. The van der Waals surface area contributed by atoms with E-state index in [9.17, 15) is 4.79 Å². The van der Waals surface area contributed by atoms with Crippen molar-refractivity contribution < 1.29 is 9.53 Å². The van der Waals surface area contributed by atoms with Crippen molar-refractivity contribution in [1.29, 1.82) is 0 Å². The molecule has 1 aliphatic heterocycles. The van der Waals surface area contributed by atoms with Crippen LogP contribution in [0.2, 0.25) is 0 Å². The van der Waals surface area contributed by atoms with Gasteiger partial charge < -0.3 is 14.6 Å². The molecule has 19 heavy (non-hydrogen) atoms. The topological polar surface area (TPSA) is 61.1 Å². The standard InChI is InChI=1S/C13H16N4O2/c18-12(14-4-8-16-5-1-2-6-16)11-10-15-17-7-3-9-19-13(11)17/h1-2,5-6,10H,3-4,7-9H2,(H,14,18). The summed E-state index contributed by atoms with van der Waals surface area (Å²) in [6, 6.07) is 3.92. The number of aryl methyl sites for hydroxylation is 1. The number of rotatable bonds is 4. The highest BCUT2D eigenvalue weighted by atomic mass is 16.5. The van der Waals surface area contributed by atoms with Crippen molar-refractivity contribution in [2.24, 2.45) is 0 Å². The molecule has 0 saturated carbocycles. The summed E-state index contributed by atoms with van der Waals surface area (Å²) < 4.78 is 9.26. The Morgan fingerprint density at radius 1 is 1.42 bits per heavy atom. The third-order valence-corrected chi connectivity index (χ3v) is 3.11. The predicted octanol–water partition coefficient (Wildman–Crippen LogP) is 0.897. The number of fused-ring (bicyclic) bond motifs is 1. The maximum atomic E-state index is 12.1. The van der Waals surface area contributed by atoms with Crippen LogP contribution in [0.15, 0.2) is 30.7 Å². The van der Waals surface area contributed by atoms with Crippen LogP contribution in [0.25, 0.3) is 0 Å². The fourth-order valence-electron chi connectivity index (χ4n) is 2.14. The van der Waals surface area contributed by atoms with E-state index in [0.717, 1.165) is 19.5 Å². The van der Waals surface area contributed by atoms with Gasteiger partial charge in [-0.2, -0.15) is 5.10 Å². The van der Waals surface area contributed by atoms with E-state index >= 15 is 0 Å². The van der Waals surface area contributed by atoms with E-state index in [0.29, 0.717) is 24.6 Å². The fraction of sp³-hybridized carbons (Fsp3) is 0.385. The number of amides is 1. The van der Waals surface area contributed by atoms with Gasteiger partial charge in [0.2, 0.25) is 5.88 Å². The Hall–Kier alpha value is -2.24. The molecule has 0 fully saturated rings. The molecule has 0 spiro atoms. The molecule has 0 aromatic carbocycles. The number of hydrogen-bond donors (Lipinski definition) is 1. The minimum Gasteiger partial charge on any atom is -0.477 e. The molecule has 3 heterocycles. The number of nitrogens with zero attached hydrogens (tertiary/aromatic N) is 3. The summed E-state index contributed by atoms with van der Waals surface area (Å²) in [5.74, 6) is 0.458. The Kier molecular flexibility index (Phi) is 3.22. The van der Waals surface area contributed by atoms with Crippen LogP contribution in [0.1, 0.15) is 16.8 Å². The van der Waals surface area contributed by atoms with Gasteiger partial charge in [-0.15, -0.1) is 0 Å². The molecule has 3 rings (SSSR count). The van der Waals surface area contributed by atoms with Gasteiger partial charge in [-0.05, 0) is 12.1 Å². The van der Waals surface area contributed by atoms with E-state index < -0.39 is 0 Å². The molecule has 1 N–H and O–H groups in total. The molecule has 6 nitrogen and oxygen atoms in total. The lowest BCUT2D eigenvalue weighted by Gasteiger charge is -2.15. The quantitative estimate of drug-likeness (QED) is 0.888. The predicted molar refractivity (Wildman–Crippen MR) is 69.1 cm³/mol. The Morgan fingerprint density at radius 3 is 3.11 bits per heavy atom. The fourth-order valence-corrected chi connectivity index (χ4v) is 2.14. The maximum Gasteiger partial charge on any atom is 0.258 e. The van der Waals surface area contributed by atoms with Crippen molar-refractivity contribution in [3.63, 3.8) is 0 Å². The van der Waals surface area contributed by atoms with Crippen molar-refractivity contribution >= 4 is 5.91 Å². The molecule has 2 aromatic rings. The van der Waals surface area contributed by atoms with Crippen LogP contribution in [0.5, 0.6) is 5.88 Å². The first kappa shape index (κ1) is 11.8. The zero-order chi connectivity index (χ0) is 13.1. The van der Waals surface area contributed by atoms with E-state index in [-0.39, 0.29) is 5.91 Å². The summed E-state index contributed by atoms with van der Waals surface area (Å²) in [5.41, 5.74) is 0.521.